The Kier molecular flexibility index (Phi) is 9.66. The van der Waals surface area contributed by atoms with Gasteiger partial charge in [-0.05, 0) is 85.9 Å². The van der Waals surface area contributed by atoms with Crippen molar-refractivity contribution < 1.29 is 24.2 Å². The van der Waals surface area contributed by atoms with Gasteiger partial charge < -0.3 is 19.5 Å². The van der Waals surface area contributed by atoms with Gasteiger partial charge in [0.2, 0.25) is 0 Å². The van der Waals surface area contributed by atoms with Crippen molar-refractivity contribution >= 4 is 44.4 Å². The second-order valence-corrected chi connectivity index (χ2v) is 15.5. The Morgan fingerprint density at radius 1 is 1.02 bits per heavy atom. The molecule has 0 spiro atoms. The van der Waals surface area contributed by atoms with E-state index in [9.17, 15) is 14.7 Å². The van der Waals surface area contributed by atoms with Crippen molar-refractivity contribution in [3.05, 3.63) is 88.9 Å². The molecule has 0 bridgehead atoms. The van der Waals surface area contributed by atoms with E-state index in [0.29, 0.717) is 61.3 Å². The minimum atomic E-state index is -1.11. The number of fused-ring (bicyclic) bond motifs is 2. The molecule has 4 heterocycles. The summed E-state index contributed by atoms with van der Waals surface area (Å²) in [7, 11) is 1.68. The molecule has 2 aromatic carbocycles. The molecule has 5 aromatic rings. The zero-order valence-corrected chi connectivity index (χ0v) is 30.4. The Bertz CT molecular complexity index is 2060. The fourth-order valence-corrected chi connectivity index (χ4v) is 8.67. The quantitative estimate of drug-likeness (QED) is 0.135. The molecule has 51 heavy (non-hydrogen) atoms. The van der Waals surface area contributed by atoms with Gasteiger partial charge in [-0.1, -0.05) is 49.4 Å². The van der Waals surface area contributed by atoms with Gasteiger partial charge >= 0.3 is 5.97 Å². The molecular weight excluding hydrogens is 665 g/mol. The van der Waals surface area contributed by atoms with Crippen molar-refractivity contribution in [3.63, 3.8) is 0 Å². The first-order valence-electron chi connectivity index (χ1n) is 17.5. The zero-order valence-electron chi connectivity index (χ0n) is 29.6. The van der Waals surface area contributed by atoms with Gasteiger partial charge in [-0.2, -0.15) is 5.10 Å². The average Bonchev–Trinajstić information content (AvgIpc) is 3.69. The van der Waals surface area contributed by atoms with E-state index in [-0.39, 0.29) is 22.6 Å². The molecule has 11 nitrogen and oxygen atoms in total. The van der Waals surface area contributed by atoms with E-state index in [4.69, 9.17) is 19.6 Å². The first-order valence-corrected chi connectivity index (χ1v) is 18.3. The predicted molar refractivity (Wildman–Crippen MR) is 199 cm³/mol. The number of aromatic nitrogens is 4. The normalized spacial score (nSPS) is 18.5. The van der Waals surface area contributed by atoms with Gasteiger partial charge in [0.15, 0.2) is 10.8 Å². The molecule has 1 aliphatic carbocycles. The van der Waals surface area contributed by atoms with Crippen LogP contribution in [0.3, 0.4) is 0 Å². The van der Waals surface area contributed by atoms with Crippen LogP contribution >= 0.6 is 11.3 Å². The molecule has 1 atom stereocenters. The number of para-hydroxylation sites is 1. The number of nitrogens with zero attached hydrogens (tertiary/aromatic N) is 5. The lowest BCUT2D eigenvalue weighted by molar-refractivity contribution is -0.119. The largest absolute Gasteiger partial charge is 0.476 e. The summed E-state index contributed by atoms with van der Waals surface area (Å²) in [6.45, 7) is 9.20. The van der Waals surface area contributed by atoms with Crippen LogP contribution in [0.25, 0.3) is 21.3 Å². The van der Waals surface area contributed by atoms with E-state index in [2.05, 4.69) is 24.1 Å². The highest BCUT2D eigenvalue weighted by Gasteiger charge is 2.42. The third kappa shape index (κ3) is 7.26. The topological polar surface area (TPSA) is 132 Å². The third-order valence-corrected chi connectivity index (χ3v) is 11.2. The second-order valence-electron chi connectivity index (χ2n) is 14.4. The molecule has 1 unspecified atom stereocenters. The Morgan fingerprint density at radius 2 is 1.86 bits per heavy atom. The SMILES string of the molecule is COCCOC1(Cn2ncc(-c3ccc(N4CCc5cccc(C(=O)Nc6nc7ccccc7s6)c5C4)nc3C(=O)O)c2C)CCCC(C)(C)C1. The van der Waals surface area contributed by atoms with Gasteiger partial charge in [0.1, 0.15) is 5.82 Å². The summed E-state index contributed by atoms with van der Waals surface area (Å²) in [5.74, 6) is -0.790. The first kappa shape index (κ1) is 34.8. The number of anilines is 2. The van der Waals surface area contributed by atoms with Crippen molar-refractivity contribution in [2.24, 2.45) is 5.41 Å². The zero-order chi connectivity index (χ0) is 35.8. The van der Waals surface area contributed by atoms with Crippen LogP contribution in [0.2, 0.25) is 0 Å². The Hall–Kier alpha value is -4.65. The van der Waals surface area contributed by atoms with Crippen molar-refractivity contribution in [3.8, 4) is 11.1 Å². The van der Waals surface area contributed by atoms with E-state index < -0.39 is 5.97 Å². The molecule has 1 aliphatic heterocycles. The maximum atomic E-state index is 13.6. The monoisotopic (exact) mass is 708 g/mol. The molecule has 1 amide bonds. The van der Waals surface area contributed by atoms with Crippen molar-refractivity contribution in [2.45, 2.75) is 71.6 Å². The van der Waals surface area contributed by atoms with Gasteiger partial charge in [-0.3, -0.25) is 14.8 Å². The number of thiazole rings is 1. The number of nitrogens with one attached hydrogen (secondary N) is 1. The average molecular weight is 709 g/mol. The van der Waals surface area contributed by atoms with Crippen LogP contribution in [0.1, 0.15) is 77.2 Å². The lowest BCUT2D eigenvalue weighted by Crippen LogP contribution is -2.45. The highest BCUT2D eigenvalue weighted by Crippen LogP contribution is 2.44. The third-order valence-electron chi connectivity index (χ3n) is 10.3. The number of hydrogen-bond donors (Lipinski definition) is 2. The number of aromatic carboxylic acids is 1. The summed E-state index contributed by atoms with van der Waals surface area (Å²) in [5.41, 5.74) is 5.22. The molecule has 266 valence electrons. The van der Waals surface area contributed by atoms with Crippen LogP contribution in [-0.4, -0.2) is 69.2 Å². The van der Waals surface area contributed by atoms with Gasteiger partial charge in [0, 0.05) is 42.6 Å². The highest BCUT2D eigenvalue weighted by atomic mass is 32.1. The molecular formula is C39H44N6O5S. The van der Waals surface area contributed by atoms with E-state index in [1.165, 1.54) is 11.3 Å². The fourth-order valence-electron chi connectivity index (χ4n) is 7.81. The van der Waals surface area contributed by atoms with E-state index in [1.54, 1.807) is 13.3 Å². The van der Waals surface area contributed by atoms with Crippen LogP contribution in [0, 0.1) is 12.3 Å². The summed E-state index contributed by atoms with van der Waals surface area (Å²) in [6, 6.07) is 17.3. The standard InChI is InChI=1S/C39H44N6O5S/c1-25-29(21-40-45(25)24-39(50-20-19-49-4)17-8-16-38(2,3)23-39)27-13-14-33(42-34(27)36(47)48)44-18-15-26-9-7-10-28(30(26)22-44)35(46)43-37-41-31-11-5-6-12-32(31)51-37/h5-7,9-14,21H,8,15-20,22-24H2,1-4H3,(H,47,48)(H,41,43,46). The molecule has 7 rings (SSSR count). The number of carboxylic acids is 1. The van der Waals surface area contributed by atoms with E-state index in [0.717, 1.165) is 58.3 Å². The number of hydrogen-bond acceptors (Lipinski definition) is 9. The molecule has 1 saturated carbocycles. The van der Waals surface area contributed by atoms with E-state index >= 15 is 0 Å². The van der Waals surface area contributed by atoms with Crippen LogP contribution in [-0.2, 0) is 29.0 Å². The van der Waals surface area contributed by atoms with Gasteiger partial charge in [-0.15, -0.1) is 0 Å². The molecule has 2 aliphatic rings. The Balaban J connectivity index is 1.13. The Morgan fingerprint density at radius 3 is 2.65 bits per heavy atom. The lowest BCUT2D eigenvalue weighted by Gasteiger charge is -2.45. The molecule has 0 saturated heterocycles. The maximum Gasteiger partial charge on any atom is 0.355 e. The first-order chi connectivity index (χ1) is 24.5. The Labute approximate surface area is 301 Å². The minimum absolute atomic E-state index is 0.0346. The minimum Gasteiger partial charge on any atom is -0.476 e. The number of carboxylic acid groups (broad SMARTS) is 1. The summed E-state index contributed by atoms with van der Waals surface area (Å²) in [5, 5.41) is 18.7. The van der Waals surface area contributed by atoms with Crippen LogP contribution in [0.15, 0.2) is 60.8 Å². The van der Waals surface area contributed by atoms with E-state index in [1.807, 2.05) is 71.1 Å². The predicted octanol–water partition coefficient (Wildman–Crippen LogP) is 7.38. The number of carbonyl (C=O) groups excluding carboxylic acids is 1. The number of pyridine rings is 1. The summed E-state index contributed by atoms with van der Waals surface area (Å²) >= 11 is 1.44. The van der Waals surface area contributed by atoms with Crippen LogP contribution in [0.5, 0.6) is 0 Å². The van der Waals surface area contributed by atoms with Crippen molar-refractivity contribution in [1.29, 1.82) is 0 Å². The maximum absolute atomic E-state index is 13.6. The van der Waals surface area contributed by atoms with Gasteiger partial charge in [0.25, 0.3) is 5.91 Å². The number of methoxy groups -OCH3 is 1. The summed E-state index contributed by atoms with van der Waals surface area (Å²) < 4.78 is 14.8. The highest BCUT2D eigenvalue weighted by molar-refractivity contribution is 7.22. The van der Waals surface area contributed by atoms with Crippen LogP contribution in [0.4, 0.5) is 10.9 Å². The summed E-state index contributed by atoms with van der Waals surface area (Å²) in [4.78, 5) is 37.6. The number of benzene rings is 2. The number of carbonyl (C=O) groups is 2. The number of amides is 1. The molecule has 1 fully saturated rings. The number of ether oxygens (including phenoxy) is 2. The smallest absolute Gasteiger partial charge is 0.355 e. The molecule has 12 heteroatoms. The molecule has 3 aromatic heterocycles. The fraction of sp³-hybridized carbons (Fsp3) is 0.410. The van der Waals surface area contributed by atoms with Gasteiger partial charge in [0.05, 0.1) is 41.8 Å². The molecule has 2 N–H and O–H groups in total. The number of rotatable bonds is 11. The summed E-state index contributed by atoms with van der Waals surface area (Å²) in [6.07, 6.45) is 6.48. The van der Waals surface area contributed by atoms with Gasteiger partial charge in [-0.25, -0.2) is 14.8 Å². The van der Waals surface area contributed by atoms with Crippen molar-refractivity contribution in [2.75, 3.05) is 37.1 Å². The molecule has 0 radical (unpaired) electrons. The van der Waals surface area contributed by atoms with Crippen molar-refractivity contribution in [1.82, 2.24) is 19.7 Å². The lowest BCUT2D eigenvalue weighted by atomic mass is 9.69. The van der Waals surface area contributed by atoms with Crippen LogP contribution < -0.4 is 10.2 Å². The second kappa shape index (κ2) is 14.2.